The maximum absolute atomic E-state index is 12.1. The van der Waals surface area contributed by atoms with Crippen molar-refractivity contribution >= 4 is 41.9 Å². The smallest absolute Gasteiger partial charge is 0.410 e. The minimum Gasteiger partial charge on any atom is -0.444 e. The molecule has 2 aliphatic rings. The Morgan fingerprint density at radius 2 is 1.59 bits per heavy atom. The quantitative estimate of drug-likeness (QED) is 0.337. The first-order valence-corrected chi connectivity index (χ1v) is 9.03. The van der Waals surface area contributed by atoms with Crippen LogP contribution in [0.25, 0.3) is 0 Å². The maximum Gasteiger partial charge on any atom is 0.410 e. The summed E-state index contributed by atoms with van der Waals surface area (Å²) in [5, 5.41) is 0. The number of halogens is 1. The molecule has 0 radical (unpaired) electrons. The van der Waals surface area contributed by atoms with E-state index in [4.69, 9.17) is 20.9 Å². The van der Waals surface area contributed by atoms with Crippen LogP contribution >= 0.6 is 24.0 Å². The highest BCUT2D eigenvalue weighted by Crippen LogP contribution is 2.30. The Labute approximate surface area is 177 Å². The van der Waals surface area contributed by atoms with E-state index in [1.165, 1.54) is 0 Å². The van der Waals surface area contributed by atoms with Gasteiger partial charge < -0.3 is 30.7 Å². The van der Waals surface area contributed by atoms with Crippen molar-refractivity contribution in [3.05, 3.63) is 0 Å². The maximum atomic E-state index is 12.1. The van der Waals surface area contributed by atoms with Gasteiger partial charge in [-0.2, -0.15) is 0 Å². The number of hydrogen-bond donors (Lipinski definition) is 2. The number of nitrogens with zero attached hydrogens (tertiary/aromatic N) is 3. The highest BCUT2D eigenvalue weighted by atomic mass is 127. The summed E-state index contributed by atoms with van der Waals surface area (Å²) in [6.07, 6.45) is 0.805. The van der Waals surface area contributed by atoms with Crippen molar-refractivity contribution in [2.45, 2.75) is 39.2 Å². The molecule has 0 aliphatic carbocycles. The predicted octanol–water partition coefficient (Wildman–Crippen LogP) is 0.754. The van der Waals surface area contributed by atoms with Crippen LogP contribution in [0.3, 0.4) is 0 Å². The molecule has 0 spiro atoms. The van der Waals surface area contributed by atoms with E-state index in [2.05, 4.69) is 4.99 Å². The topological polar surface area (TPSA) is 123 Å². The summed E-state index contributed by atoms with van der Waals surface area (Å²) >= 11 is 0. The summed E-state index contributed by atoms with van der Waals surface area (Å²) in [6, 6.07) is 0. The van der Waals surface area contributed by atoms with Crippen LogP contribution in [0, 0.1) is 5.41 Å². The summed E-state index contributed by atoms with van der Waals surface area (Å²) in [4.78, 5) is 32.0. The third kappa shape index (κ3) is 6.66. The zero-order chi connectivity index (χ0) is 19.4. The van der Waals surface area contributed by atoms with Crippen LogP contribution in [0.4, 0.5) is 4.79 Å². The van der Waals surface area contributed by atoms with E-state index in [0.717, 1.165) is 0 Å². The van der Waals surface area contributed by atoms with Crippen LogP contribution in [0.15, 0.2) is 4.99 Å². The first kappa shape index (κ1) is 23.7. The summed E-state index contributed by atoms with van der Waals surface area (Å²) in [7, 11) is 0. The third-order valence-corrected chi connectivity index (χ3v) is 4.77. The average molecular weight is 497 g/mol. The summed E-state index contributed by atoms with van der Waals surface area (Å²) in [5.41, 5.74) is 10.5. The lowest BCUT2D eigenvalue weighted by atomic mass is 9.79. The number of piperazine rings is 1. The highest BCUT2D eigenvalue weighted by Gasteiger charge is 2.38. The Balaban J connectivity index is 0.00000364. The first-order chi connectivity index (χ1) is 12.1. The van der Waals surface area contributed by atoms with E-state index < -0.39 is 11.0 Å². The van der Waals surface area contributed by atoms with Gasteiger partial charge in [-0.05, 0) is 33.6 Å². The van der Waals surface area contributed by atoms with Gasteiger partial charge in [0.25, 0.3) is 0 Å². The fourth-order valence-corrected chi connectivity index (χ4v) is 3.02. The van der Waals surface area contributed by atoms with Gasteiger partial charge in [-0.25, -0.2) is 4.79 Å². The number of ether oxygens (including phenoxy) is 2. The van der Waals surface area contributed by atoms with E-state index in [1.54, 1.807) is 4.90 Å². The van der Waals surface area contributed by atoms with Crippen LogP contribution < -0.4 is 11.5 Å². The number of aliphatic imine (C=N–C) groups is 1. The molecule has 2 fully saturated rings. The van der Waals surface area contributed by atoms with Gasteiger partial charge in [0.05, 0.1) is 12.0 Å². The Kier molecular flexibility index (Phi) is 8.58. The molecule has 10 heteroatoms. The predicted molar refractivity (Wildman–Crippen MR) is 113 cm³/mol. The Morgan fingerprint density at radius 3 is 2.07 bits per heavy atom. The SMILES string of the molecule is CC(C)(C)OC(=O)N1CCN(C(N)=NCC2(C(N)=O)CCOCC2)CC1.I. The minimum atomic E-state index is -0.679. The Hall–Kier alpha value is -1.30. The molecule has 0 atom stereocenters. The second-order valence-electron chi connectivity index (χ2n) is 7.89. The van der Waals surface area contributed by atoms with Gasteiger partial charge in [-0.3, -0.25) is 9.79 Å². The molecule has 2 aliphatic heterocycles. The standard InChI is InChI=1S/C17H31N5O4.HI/c1-16(2,3)26-15(24)22-8-6-21(7-9-22)14(19)20-12-17(13(18)23)4-10-25-11-5-17;/h4-12H2,1-3H3,(H2,18,23)(H2,19,20);1H. The van der Waals surface area contributed by atoms with Crippen molar-refractivity contribution in [1.82, 2.24) is 9.80 Å². The number of amides is 2. The van der Waals surface area contributed by atoms with E-state index in [1.807, 2.05) is 25.7 Å². The van der Waals surface area contributed by atoms with Gasteiger partial charge in [0.15, 0.2) is 5.96 Å². The van der Waals surface area contributed by atoms with Crippen molar-refractivity contribution < 1.29 is 19.1 Å². The molecule has 156 valence electrons. The van der Waals surface area contributed by atoms with E-state index in [-0.39, 0.29) is 42.5 Å². The zero-order valence-electron chi connectivity index (χ0n) is 16.4. The van der Waals surface area contributed by atoms with Gasteiger partial charge in [-0.1, -0.05) is 0 Å². The zero-order valence-corrected chi connectivity index (χ0v) is 18.7. The molecule has 2 rings (SSSR count). The summed E-state index contributed by atoms with van der Waals surface area (Å²) in [6.45, 7) is 8.98. The Morgan fingerprint density at radius 1 is 1.07 bits per heavy atom. The number of guanidine groups is 1. The molecule has 0 aromatic heterocycles. The lowest BCUT2D eigenvalue weighted by Gasteiger charge is -2.37. The van der Waals surface area contributed by atoms with Crippen LogP contribution in [0.1, 0.15) is 33.6 Å². The highest BCUT2D eigenvalue weighted by molar-refractivity contribution is 14.0. The lowest BCUT2D eigenvalue weighted by molar-refractivity contribution is -0.132. The molecule has 0 bridgehead atoms. The van der Waals surface area contributed by atoms with E-state index in [0.29, 0.717) is 58.2 Å². The molecule has 2 saturated heterocycles. The second-order valence-corrected chi connectivity index (χ2v) is 7.89. The first-order valence-electron chi connectivity index (χ1n) is 9.03. The van der Waals surface area contributed by atoms with Crippen LogP contribution in [-0.4, -0.2) is 79.3 Å². The molecule has 27 heavy (non-hydrogen) atoms. The number of nitrogens with two attached hydrogens (primary N) is 2. The van der Waals surface area contributed by atoms with Crippen molar-refractivity contribution in [2.75, 3.05) is 45.9 Å². The molecular formula is C17H32IN5O4. The molecule has 2 heterocycles. The Bertz CT molecular complexity index is 550. The van der Waals surface area contributed by atoms with Gasteiger partial charge in [-0.15, -0.1) is 24.0 Å². The van der Waals surface area contributed by atoms with Crippen molar-refractivity contribution in [2.24, 2.45) is 21.9 Å². The molecule has 4 N–H and O–H groups in total. The number of primary amides is 1. The largest absolute Gasteiger partial charge is 0.444 e. The van der Waals surface area contributed by atoms with Crippen LogP contribution in [-0.2, 0) is 14.3 Å². The van der Waals surface area contributed by atoms with Crippen molar-refractivity contribution in [3.63, 3.8) is 0 Å². The number of carbonyl (C=O) groups is 2. The third-order valence-electron chi connectivity index (χ3n) is 4.77. The molecular weight excluding hydrogens is 465 g/mol. The monoisotopic (exact) mass is 497 g/mol. The fourth-order valence-electron chi connectivity index (χ4n) is 3.02. The molecule has 0 aromatic rings. The number of carbonyl (C=O) groups excluding carboxylic acids is 2. The van der Waals surface area contributed by atoms with Crippen molar-refractivity contribution in [3.8, 4) is 0 Å². The second kappa shape index (κ2) is 9.76. The lowest BCUT2D eigenvalue weighted by Crippen LogP contribution is -2.53. The van der Waals surface area contributed by atoms with Crippen molar-refractivity contribution in [1.29, 1.82) is 0 Å². The van der Waals surface area contributed by atoms with E-state index >= 15 is 0 Å². The summed E-state index contributed by atoms with van der Waals surface area (Å²) in [5.74, 6) is 0.0213. The fraction of sp³-hybridized carbons (Fsp3) is 0.824. The van der Waals surface area contributed by atoms with Crippen LogP contribution in [0.5, 0.6) is 0 Å². The minimum absolute atomic E-state index is 0. The normalized spacial score (nSPS) is 20.6. The van der Waals surface area contributed by atoms with E-state index in [9.17, 15) is 9.59 Å². The molecule has 0 aromatic carbocycles. The molecule has 0 unspecified atom stereocenters. The van der Waals surface area contributed by atoms with Gasteiger partial charge in [0.2, 0.25) is 5.91 Å². The molecule has 0 saturated carbocycles. The van der Waals surface area contributed by atoms with Gasteiger partial charge >= 0.3 is 6.09 Å². The molecule has 2 amide bonds. The van der Waals surface area contributed by atoms with Crippen LogP contribution in [0.2, 0.25) is 0 Å². The number of hydrogen-bond acceptors (Lipinski definition) is 5. The summed E-state index contributed by atoms with van der Waals surface area (Å²) < 4.78 is 10.7. The average Bonchev–Trinajstić information content (AvgIpc) is 2.59. The number of rotatable bonds is 3. The van der Waals surface area contributed by atoms with Gasteiger partial charge in [0.1, 0.15) is 5.60 Å². The molecule has 9 nitrogen and oxygen atoms in total. The van der Waals surface area contributed by atoms with Gasteiger partial charge in [0, 0.05) is 39.4 Å².